The number of nitrogens with one attached hydrogen (secondary N) is 2. The van der Waals surface area contributed by atoms with E-state index in [2.05, 4.69) is 10.6 Å². The molecular formula is C15H21ClN2OS. The van der Waals surface area contributed by atoms with Crippen LogP contribution in [0.5, 0.6) is 0 Å². The Morgan fingerprint density at radius 1 is 1.40 bits per heavy atom. The van der Waals surface area contributed by atoms with Crippen molar-refractivity contribution in [1.29, 1.82) is 0 Å². The Morgan fingerprint density at radius 3 is 2.90 bits per heavy atom. The van der Waals surface area contributed by atoms with Crippen LogP contribution in [0.1, 0.15) is 25.7 Å². The van der Waals surface area contributed by atoms with Crippen LogP contribution >= 0.6 is 23.4 Å². The molecule has 1 aliphatic heterocycles. The van der Waals surface area contributed by atoms with Crippen LogP contribution in [0.2, 0.25) is 5.02 Å². The molecule has 0 saturated carbocycles. The fourth-order valence-electron chi connectivity index (χ4n) is 2.21. The molecule has 20 heavy (non-hydrogen) atoms. The molecule has 1 unspecified atom stereocenters. The van der Waals surface area contributed by atoms with Crippen LogP contribution in [0, 0.1) is 0 Å². The van der Waals surface area contributed by atoms with Crippen LogP contribution in [-0.2, 0) is 4.79 Å². The molecule has 2 N–H and O–H groups in total. The third-order valence-corrected chi connectivity index (χ3v) is 4.69. The Kier molecular flexibility index (Phi) is 6.70. The summed E-state index contributed by atoms with van der Waals surface area (Å²) < 4.78 is 0. The van der Waals surface area contributed by atoms with E-state index < -0.39 is 0 Å². The maximum Gasteiger partial charge on any atom is 0.220 e. The molecule has 1 aromatic carbocycles. The van der Waals surface area contributed by atoms with Gasteiger partial charge >= 0.3 is 0 Å². The summed E-state index contributed by atoms with van der Waals surface area (Å²) >= 11 is 7.60. The standard InChI is InChI=1S/C15H21ClN2OS/c16-12-5-7-14(8-6-12)20-10-2-4-15(19)18-11-13-3-1-9-17-13/h5-8,13,17H,1-4,9-11H2,(H,18,19). The molecule has 2 rings (SSSR count). The van der Waals surface area contributed by atoms with E-state index in [4.69, 9.17) is 11.6 Å². The first-order chi connectivity index (χ1) is 9.74. The van der Waals surface area contributed by atoms with Crippen molar-refractivity contribution in [1.82, 2.24) is 10.6 Å². The molecule has 0 radical (unpaired) electrons. The van der Waals surface area contributed by atoms with Gasteiger partial charge in [0.1, 0.15) is 0 Å². The molecule has 1 saturated heterocycles. The Labute approximate surface area is 129 Å². The van der Waals surface area contributed by atoms with E-state index in [0.29, 0.717) is 12.5 Å². The molecule has 1 heterocycles. The Balaban J connectivity index is 1.53. The van der Waals surface area contributed by atoms with Gasteiger partial charge in [-0.15, -0.1) is 11.8 Å². The number of thioether (sulfide) groups is 1. The maximum absolute atomic E-state index is 11.7. The largest absolute Gasteiger partial charge is 0.355 e. The van der Waals surface area contributed by atoms with Crippen molar-refractivity contribution in [3.8, 4) is 0 Å². The molecule has 3 nitrogen and oxygen atoms in total. The van der Waals surface area contributed by atoms with E-state index in [1.54, 1.807) is 11.8 Å². The highest BCUT2D eigenvalue weighted by Gasteiger charge is 2.14. The zero-order valence-electron chi connectivity index (χ0n) is 11.5. The highest BCUT2D eigenvalue weighted by atomic mass is 35.5. The normalized spacial score (nSPS) is 18.1. The van der Waals surface area contributed by atoms with E-state index >= 15 is 0 Å². The van der Waals surface area contributed by atoms with Gasteiger partial charge in [0, 0.05) is 28.9 Å². The van der Waals surface area contributed by atoms with Gasteiger partial charge in [-0.2, -0.15) is 0 Å². The maximum atomic E-state index is 11.7. The topological polar surface area (TPSA) is 41.1 Å². The molecular weight excluding hydrogens is 292 g/mol. The molecule has 1 aromatic rings. The van der Waals surface area contributed by atoms with E-state index in [0.717, 1.165) is 30.3 Å². The summed E-state index contributed by atoms with van der Waals surface area (Å²) in [4.78, 5) is 12.9. The summed E-state index contributed by atoms with van der Waals surface area (Å²) in [6.45, 7) is 1.85. The Bertz CT molecular complexity index is 418. The second-order valence-electron chi connectivity index (χ2n) is 5.00. The number of hydrogen-bond donors (Lipinski definition) is 2. The molecule has 0 spiro atoms. The van der Waals surface area contributed by atoms with Crippen molar-refractivity contribution < 1.29 is 4.79 Å². The number of benzene rings is 1. The third kappa shape index (κ3) is 5.73. The molecule has 1 atom stereocenters. The Hall–Kier alpha value is -0.710. The molecule has 1 fully saturated rings. The minimum atomic E-state index is 0.162. The van der Waals surface area contributed by atoms with E-state index in [9.17, 15) is 4.79 Å². The summed E-state index contributed by atoms with van der Waals surface area (Å²) in [6.07, 6.45) is 3.90. The van der Waals surface area contributed by atoms with Gasteiger partial charge in [0.05, 0.1) is 0 Å². The molecule has 1 amide bonds. The first-order valence-electron chi connectivity index (χ1n) is 7.12. The highest BCUT2D eigenvalue weighted by molar-refractivity contribution is 7.99. The van der Waals surface area contributed by atoms with Gasteiger partial charge in [0.25, 0.3) is 0 Å². The zero-order chi connectivity index (χ0) is 14.2. The zero-order valence-corrected chi connectivity index (χ0v) is 13.1. The lowest BCUT2D eigenvalue weighted by atomic mass is 10.2. The summed E-state index contributed by atoms with van der Waals surface area (Å²) in [5.41, 5.74) is 0. The third-order valence-electron chi connectivity index (χ3n) is 3.34. The van der Waals surface area contributed by atoms with Gasteiger partial charge in [0.2, 0.25) is 5.91 Å². The summed E-state index contributed by atoms with van der Waals surface area (Å²) in [5.74, 6) is 1.12. The van der Waals surface area contributed by atoms with Gasteiger partial charge in [-0.05, 0) is 55.8 Å². The lowest BCUT2D eigenvalue weighted by Crippen LogP contribution is -2.37. The van der Waals surface area contributed by atoms with E-state index in [1.165, 1.54) is 17.7 Å². The minimum Gasteiger partial charge on any atom is -0.355 e. The second kappa shape index (κ2) is 8.55. The predicted molar refractivity (Wildman–Crippen MR) is 85.4 cm³/mol. The van der Waals surface area contributed by atoms with E-state index in [1.807, 2.05) is 24.3 Å². The number of rotatable bonds is 7. The van der Waals surface area contributed by atoms with Crippen molar-refractivity contribution in [3.05, 3.63) is 29.3 Å². The SMILES string of the molecule is O=C(CCCSc1ccc(Cl)cc1)NCC1CCCN1. The Morgan fingerprint density at radius 2 is 2.20 bits per heavy atom. The van der Waals surface area contributed by atoms with Crippen LogP contribution in [0.4, 0.5) is 0 Å². The average molecular weight is 313 g/mol. The van der Waals surface area contributed by atoms with Gasteiger partial charge in [0.15, 0.2) is 0 Å². The molecule has 5 heteroatoms. The molecule has 0 aromatic heterocycles. The monoisotopic (exact) mass is 312 g/mol. The smallest absolute Gasteiger partial charge is 0.220 e. The van der Waals surface area contributed by atoms with Crippen molar-refractivity contribution >= 4 is 29.3 Å². The fourth-order valence-corrected chi connectivity index (χ4v) is 3.19. The van der Waals surface area contributed by atoms with Crippen molar-refractivity contribution in [2.75, 3.05) is 18.8 Å². The minimum absolute atomic E-state index is 0.162. The first kappa shape index (κ1) is 15.7. The van der Waals surface area contributed by atoms with Gasteiger partial charge in [-0.3, -0.25) is 4.79 Å². The average Bonchev–Trinajstić information content (AvgIpc) is 2.96. The van der Waals surface area contributed by atoms with Gasteiger partial charge in [-0.1, -0.05) is 11.6 Å². The van der Waals surface area contributed by atoms with Crippen molar-refractivity contribution in [3.63, 3.8) is 0 Å². The van der Waals surface area contributed by atoms with Crippen LogP contribution in [0.25, 0.3) is 0 Å². The number of carbonyl (C=O) groups excluding carboxylic acids is 1. The van der Waals surface area contributed by atoms with Crippen molar-refractivity contribution in [2.24, 2.45) is 0 Å². The van der Waals surface area contributed by atoms with Crippen LogP contribution in [0.3, 0.4) is 0 Å². The summed E-state index contributed by atoms with van der Waals surface area (Å²) in [7, 11) is 0. The lowest BCUT2D eigenvalue weighted by molar-refractivity contribution is -0.121. The first-order valence-corrected chi connectivity index (χ1v) is 8.49. The summed E-state index contributed by atoms with van der Waals surface area (Å²) in [6, 6.07) is 8.29. The number of amides is 1. The molecule has 110 valence electrons. The van der Waals surface area contributed by atoms with Crippen LogP contribution in [-0.4, -0.2) is 30.8 Å². The number of carbonyl (C=O) groups is 1. The fraction of sp³-hybridized carbons (Fsp3) is 0.533. The lowest BCUT2D eigenvalue weighted by Gasteiger charge is -2.11. The number of halogens is 1. The van der Waals surface area contributed by atoms with E-state index in [-0.39, 0.29) is 5.91 Å². The number of hydrogen-bond acceptors (Lipinski definition) is 3. The van der Waals surface area contributed by atoms with Crippen LogP contribution < -0.4 is 10.6 Å². The molecule has 1 aliphatic rings. The predicted octanol–water partition coefficient (Wildman–Crippen LogP) is 3.08. The highest BCUT2D eigenvalue weighted by Crippen LogP contribution is 2.21. The molecule has 0 aliphatic carbocycles. The molecule has 0 bridgehead atoms. The van der Waals surface area contributed by atoms with Crippen molar-refractivity contribution in [2.45, 2.75) is 36.6 Å². The second-order valence-corrected chi connectivity index (χ2v) is 6.61. The van der Waals surface area contributed by atoms with Gasteiger partial charge < -0.3 is 10.6 Å². The van der Waals surface area contributed by atoms with Crippen LogP contribution in [0.15, 0.2) is 29.2 Å². The summed E-state index contributed by atoms with van der Waals surface area (Å²) in [5, 5.41) is 7.14. The van der Waals surface area contributed by atoms with Gasteiger partial charge in [-0.25, -0.2) is 0 Å². The quantitative estimate of drug-likeness (QED) is 0.600.